The fraction of sp³-hybridized carbons (Fsp3) is 0.364. The highest BCUT2D eigenvalue weighted by Crippen LogP contribution is 2.18. The summed E-state index contributed by atoms with van der Waals surface area (Å²) in [5.74, 6) is -1.85. The Balaban J connectivity index is 2.09. The van der Waals surface area contributed by atoms with E-state index >= 15 is 0 Å². The molecule has 1 aliphatic rings. The van der Waals surface area contributed by atoms with E-state index in [0.29, 0.717) is 0 Å². The third-order valence-corrected chi connectivity index (χ3v) is 4.41. The number of nitrogen functional groups attached to an aromatic ring is 1. The van der Waals surface area contributed by atoms with Crippen LogP contribution in [0.25, 0.3) is 0 Å². The standard InChI is InChI=1S/C11H12FNO4S/c12-10-5-7(13)1-2-9(10)11(14)17-8-3-4-18(15,16)6-8/h1-2,5,8H,3-4,6,13H2. The van der Waals surface area contributed by atoms with Crippen LogP contribution in [0, 0.1) is 5.82 Å². The van der Waals surface area contributed by atoms with E-state index < -0.39 is 27.7 Å². The minimum absolute atomic E-state index is 0.00479. The number of halogens is 1. The summed E-state index contributed by atoms with van der Waals surface area (Å²) in [6, 6.07) is 3.61. The van der Waals surface area contributed by atoms with E-state index in [2.05, 4.69) is 0 Å². The molecule has 0 amide bonds. The molecule has 1 unspecified atom stereocenters. The molecule has 7 heteroatoms. The Labute approximate surface area is 104 Å². The molecule has 18 heavy (non-hydrogen) atoms. The Morgan fingerprint density at radius 3 is 2.72 bits per heavy atom. The van der Waals surface area contributed by atoms with E-state index in [1.54, 1.807) is 0 Å². The molecule has 5 nitrogen and oxygen atoms in total. The molecule has 0 saturated carbocycles. The number of carbonyl (C=O) groups excluding carboxylic acids is 1. The van der Waals surface area contributed by atoms with Gasteiger partial charge in [-0.25, -0.2) is 17.6 Å². The fourth-order valence-electron chi connectivity index (χ4n) is 1.77. The van der Waals surface area contributed by atoms with Gasteiger partial charge in [-0.3, -0.25) is 0 Å². The molecule has 1 atom stereocenters. The lowest BCUT2D eigenvalue weighted by Gasteiger charge is -2.10. The molecule has 98 valence electrons. The third-order valence-electron chi connectivity index (χ3n) is 2.68. The number of esters is 1. The molecule has 1 fully saturated rings. The van der Waals surface area contributed by atoms with Gasteiger partial charge in [0.25, 0.3) is 0 Å². The highest BCUT2D eigenvalue weighted by molar-refractivity contribution is 7.91. The molecule has 1 aromatic rings. The van der Waals surface area contributed by atoms with Crippen molar-refractivity contribution >= 4 is 21.5 Å². The van der Waals surface area contributed by atoms with Crippen LogP contribution in [-0.4, -0.2) is 32.0 Å². The van der Waals surface area contributed by atoms with Crippen LogP contribution in [0.3, 0.4) is 0 Å². The largest absolute Gasteiger partial charge is 0.458 e. The van der Waals surface area contributed by atoms with Gasteiger partial charge in [-0.1, -0.05) is 0 Å². The highest BCUT2D eigenvalue weighted by atomic mass is 32.2. The van der Waals surface area contributed by atoms with Crippen LogP contribution >= 0.6 is 0 Å². The predicted molar refractivity (Wildman–Crippen MR) is 63.3 cm³/mol. The van der Waals surface area contributed by atoms with E-state index in [-0.39, 0.29) is 29.2 Å². The van der Waals surface area contributed by atoms with Crippen molar-refractivity contribution in [3.05, 3.63) is 29.6 Å². The molecule has 1 heterocycles. The van der Waals surface area contributed by atoms with Gasteiger partial charge in [0, 0.05) is 5.69 Å². The minimum Gasteiger partial charge on any atom is -0.458 e. The molecular weight excluding hydrogens is 261 g/mol. The lowest BCUT2D eigenvalue weighted by Crippen LogP contribution is -2.20. The van der Waals surface area contributed by atoms with E-state index in [1.165, 1.54) is 12.1 Å². The van der Waals surface area contributed by atoms with Gasteiger partial charge in [0.15, 0.2) is 9.84 Å². The maximum atomic E-state index is 13.4. The lowest BCUT2D eigenvalue weighted by atomic mass is 10.2. The Morgan fingerprint density at radius 1 is 1.44 bits per heavy atom. The highest BCUT2D eigenvalue weighted by Gasteiger charge is 2.31. The number of nitrogens with two attached hydrogens (primary N) is 1. The number of benzene rings is 1. The number of hydrogen-bond acceptors (Lipinski definition) is 5. The quantitative estimate of drug-likeness (QED) is 0.634. The minimum atomic E-state index is -3.13. The van der Waals surface area contributed by atoms with Crippen LogP contribution in [0.15, 0.2) is 18.2 Å². The molecule has 1 saturated heterocycles. The first kappa shape index (κ1) is 12.8. The second-order valence-corrected chi connectivity index (χ2v) is 6.40. The summed E-state index contributed by atoms with van der Waals surface area (Å²) in [4.78, 5) is 11.6. The van der Waals surface area contributed by atoms with Crippen molar-refractivity contribution in [3.8, 4) is 0 Å². The predicted octanol–water partition coefficient (Wildman–Crippen LogP) is 0.752. The van der Waals surface area contributed by atoms with Gasteiger partial charge in [-0.05, 0) is 24.6 Å². The normalized spacial score (nSPS) is 21.7. The van der Waals surface area contributed by atoms with Crippen molar-refractivity contribution in [1.29, 1.82) is 0 Å². The second kappa shape index (κ2) is 4.56. The molecule has 2 N–H and O–H groups in total. The van der Waals surface area contributed by atoms with E-state index in [9.17, 15) is 17.6 Å². The third kappa shape index (κ3) is 2.79. The SMILES string of the molecule is Nc1ccc(C(=O)OC2CCS(=O)(=O)C2)c(F)c1. The molecule has 0 bridgehead atoms. The number of sulfone groups is 1. The summed E-state index contributed by atoms with van der Waals surface area (Å²) in [6.07, 6.45) is -0.440. The molecule has 0 aliphatic carbocycles. The van der Waals surface area contributed by atoms with Gasteiger partial charge >= 0.3 is 5.97 Å². The van der Waals surface area contributed by atoms with Crippen LogP contribution in [0.2, 0.25) is 0 Å². The van der Waals surface area contributed by atoms with Gasteiger partial charge in [0.1, 0.15) is 11.9 Å². The Bertz CT molecular complexity index is 585. The van der Waals surface area contributed by atoms with Crippen molar-refractivity contribution in [2.75, 3.05) is 17.2 Å². The summed E-state index contributed by atoms with van der Waals surface area (Å²) in [5.41, 5.74) is 5.31. The monoisotopic (exact) mass is 273 g/mol. The van der Waals surface area contributed by atoms with Gasteiger partial charge in [-0.15, -0.1) is 0 Å². The van der Waals surface area contributed by atoms with Gasteiger partial charge in [-0.2, -0.15) is 0 Å². The van der Waals surface area contributed by atoms with Gasteiger partial charge in [0.05, 0.1) is 17.1 Å². The van der Waals surface area contributed by atoms with E-state index in [4.69, 9.17) is 10.5 Å². The van der Waals surface area contributed by atoms with Crippen LogP contribution in [0.4, 0.5) is 10.1 Å². The van der Waals surface area contributed by atoms with E-state index in [1.807, 2.05) is 0 Å². The van der Waals surface area contributed by atoms with Crippen LogP contribution < -0.4 is 5.73 Å². The number of carbonyl (C=O) groups is 1. The first-order chi connectivity index (χ1) is 8.37. The molecule has 0 spiro atoms. The molecule has 1 aromatic carbocycles. The summed E-state index contributed by atoms with van der Waals surface area (Å²) >= 11 is 0. The summed E-state index contributed by atoms with van der Waals surface area (Å²) in [6.45, 7) is 0. The summed E-state index contributed by atoms with van der Waals surface area (Å²) < 4.78 is 40.8. The maximum Gasteiger partial charge on any atom is 0.341 e. The second-order valence-electron chi connectivity index (χ2n) is 4.17. The average molecular weight is 273 g/mol. The first-order valence-electron chi connectivity index (χ1n) is 5.34. The number of rotatable bonds is 2. The number of hydrogen-bond donors (Lipinski definition) is 1. The van der Waals surface area contributed by atoms with Crippen molar-refractivity contribution in [2.24, 2.45) is 0 Å². The van der Waals surface area contributed by atoms with Crippen LogP contribution in [-0.2, 0) is 14.6 Å². The molecule has 1 aliphatic heterocycles. The van der Waals surface area contributed by atoms with Crippen molar-refractivity contribution in [3.63, 3.8) is 0 Å². The summed E-state index contributed by atoms with van der Waals surface area (Å²) in [5, 5.41) is 0. The maximum absolute atomic E-state index is 13.4. The number of ether oxygens (including phenoxy) is 1. The Hall–Kier alpha value is -1.63. The molecule has 0 aromatic heterocycles. The zero-order valence-electron chi connectivity index (χ0n) is 9.43. The number of anilines is 1. The van der Waals surface area contributed by atoms with Gasteiger partial charge < -0.3 is 10.5 Å². The average Bonchev–Trinajstić information content (AvgIpc) is 2.57. The van der Waals surface area contributed by atoms with Crippen LogP contribution in [0.5, 0.6) is 0 Å². The molecule has 2 rings (SSSR count). The fourth-order valence-corrected chi connectivity index (χ4v) is 3.36. The van der Waals surface area contributed by atoms with E-state index in [0.717, 1.165) is 6.07 Å². The van der Waals surface area contributed by atoms with Crippen molar-refractivity contribution in [1.82, 2.24) is 0 Å². The smallest absolute Gasteiger partial charge is 0.341 e. The van der Waals surface area contributed by atoms with Crippen molar-refractivity contribution in [2.45, 2.75) is 12.5 Å². The lowest BCUT2D eigenvalue weighted by molar-refractivity contribution is 0.0351. The zero-order chi connectivity index (χ0) is 13.3. The van der Waals surface area contributed by atoms with Crippen LogP contribution in [0.1, 0.15) is 16.8 Å². The molecular formula is C11H12FNO4S. The first-order valence-corrected chi connectivity index (χ1v) is 7.16. The molecule has 0 radical (unpaired) electrons. The zero-order valence-corrected chi connectivity index (χ0v) is 10.2. The summed E-state index contributed by atoms with van der Waals surface area (Å²) in [7, 11) is -3.13. The van der Waals surface area contributed by atoms with Gasteiger partial charge in [0.2, 0.25) is 0 Å². The Morgan fingerprint density at radius 2 is 2.17 bits per heavy atom. The topological polar surface area (TPSA) is 86.5 Å². The Kier molecular flexibility index (Phi) is 3.25. The van der Waals surface area contributed by atoms with Crippen molar-refractivity contribution < 1.29 is 22.3 Å².